The third-order valence-electron chi connectivity index (χ3n) is 3.61. The highest BCUT2D eigenvalue weighted by molar-refractivity contribution is 6.02. The van der Waals surface area contributed by atoms with E-state index in [-0.39, 0.29) is 5.78 Å². The lowest BCUT2D eigenvalue weighted by molar-refractivity contribution is -0.126. The number of hydrogen-bond acceptors (Lipinski definition) is 4. The molecule has 0 aromatic carbocycles. The van der Waals surface area contributed by atoms with Crippen molar-refractivity contribution in [3.63, 3.8) is 0 Å². The summed E-state index contributed by atoms with van der Waals surface area (Å²) in [7, 11) is 0. The second-order valence-electron chi connectivity index (χ2n) is 4.97. The van der Waals surface area contributed by atoms with Crippen molar-refractivity contribution in [3.05, 3.63) is 0 Å². The zero-order valence-electron chi connectivity index (χ0n) is 13.2. The molecule has 1 unspecified atom stereocenters. The molecule has 0 amide bonds. The lowest BCUT2D eigenvalue weighted by Crippen LogP contribution is -2.61. The molecule has 0 aliphatic rings. The van der Waals surface area contributed by atoms with Gasteiger partial charge in [0.1, 0.15) is 0 Å². The number of rotatable bonds is 11. The summed E-state index contributed by atoms with van der Waals surface area (Å²) in [6.45, 7) is 13.3. The second kappa shape index (κ2) is 9.21. The molecule has 4 heteroatoms. The van der Waals surface area contributed by atoms with Gasteiger partial charge in [-0.2, -0.15) is 0 Å². The highest BCUT2D eigenvalue weighted by Crippen LogP contribution is 2.17. The Morgan fingerprint density at radius 2 is 1.63 bits per heavy atom. The quantitative estimate of drug-likeness (QED) is 0.537. The van der Waals surface area contributed by atoms with Crippen molar-refractivity contribution in [1.29, 1.82) is 0 Å². The molecule has 4 nitrogen and oxygen atoms in total. The minimum Gasteiger partial charge on any atom is -0.301 e. The van der Waals surface area contributed by atoms with Gasteiger partial charge in [-0.25, -0.2) is 0 Å². The van der Waals surface area contributed by atoms with E-state index in [9.17, 15) is 9.59 Å². The molecule has 0 rings (SSSR count). The van der Waals surface area contributed by atoms with Crippen molar-refractivity contribution in [3.8, 4) is 0 Å². The molecular formula is C15H29N2O2. The maximum absolute atomic E-state index is 12.1. The molecule has 0 fully saturated rings. The van der Waals surface area contributed by atoms with Crippen molar-refractivity contribution in [2.24, 2.45) is 0 Å². The number of likely N-dealkylation sites (N-methyl/N-ethyl adjacent to an activating group) is 2. The summed E-state index contributed by atoms with van der Waals surface area (Å²) in [6, 6.07) is 0. The summed E-state index contributed by atoms with van der Waals surface area (Å²) < 4.78 is 0. The van der Waals surface area contributed by atoms with Gasteiger partial charge in [-0.05, 0) is 45.9 Å². The van der Waals surface area contributed by atoms with Crippen LogP contribution in [0.2, 0.25) is 0 Å². The summed E-state index contributed by atoms with van der Waals surface area (Å²) in [4.78, 5) is 27.8. The van der Waals surface area contributed by atoms with E-state index in [0.717, 1.165) is 32.5 Å². The lowest BCUT2D eigenvalue weighted by Gasteiger charge is -2.39. The average molecular weight is 269 g/mol. The van der Waals surface area contributed by atoms with Crippen LogP contribution in [0.15, 0.2) is 0 Å². The molecule has 0 N–H and O–H groups in total. The van der Waals surface area contributed by atoms with Gasteiger partial charge in [0.15, 0.2) is 11.3 Å². The Kier molecular flexibility index (Phi) is 8.85. The van der Waals surface area contributed by atoms with Gasteiger partial charge < -0.3 is 4.90 Å². The Hall–Kier alpha value is -0.740. The van der Waals surface area contributed by atoms with Gasteiger partial charge in [0.2, 0.25) is 6.29 Å². The Labute approximate surface area is 118 Å². The van der Waals surface area contributed by atoms with Crippen molar-refractivity contribution in [2.75, 3.05) is 32.7 Å². The van der Waals surface area contributed by atoms with Crippen molar-refractivity contribution in [2.45, 2.75) is 53.0 Å². The van der Waals surface area contributed by atoms with Crippen LogP contribution in [0.5, 0.6) is 0 Å². The van der Waals surface area contributed by atoms with E-state index >= 15 is 0 Å². The van der Waals surface area contributed by atoms with Crippen LogP contribution in [0.4, 0.5) is 0 Å². The zero-order chi connectivity index (χ0) is 14.9. The van der Waals surface area contributed by atoms with Gasteiger partial charge in [0.25, 0.3) is 0 Å². The number of Topliss-reactive ketones (excluding diaryl/α,β-unsaturated/α-hetero) is 1. The monoisotopic (exact) mass is 269 g/mol. The highest BCUT2D eigenvalue weighted by Gasteiger charge is 2.42. The predicted octanol–water partition coefficient (Wildman–Crippen LogP) is 1.89. The van der Waals surface area contributed by atoms with Crippen LogP contribution in [0, 0.1) is 0 Å². The maximum atomic E-state index is 12.1. The number of ketones is 1. The van der Waals surface area contributed by atoms with Crippen molar-refractivity contribution >= 4 is 12.1 Å². The van der Waals surface area contributed by atoms with Gasteiger partial charge in [-0.1, -0.05) is 27.7 Å². The Bertz CT molecular complexity index is 281. The van der Waals surface area contributed by atoms with Gasteiger partial charge in [-0.15, -0.1) is 0 Å². The van der Waals surface area contributed by atoms with E-state index in [1.165, 1.54) is 6.92 Å². The fourth-order valence-electron chi connectivity index (χ4n) is 2.48. The first-order chi connectivity index (χ1) is 9.02. The Balaban J connectivity index is 5.24. The van der Waals surface area contributed by atoms with Crippen LogP contribution < -0.4 is 0 Å². The van der Waals surface area contributed by atoms with E-state index in [1.54, 1.807) is 0 Å². The molecule has 19 heavy (non-hydrogen) atoms. The molecule has 0 aromatic rings. The first-order valence-corrected chi connectivity index (χ1v) is 7.39. The molecule has 0 spiro atoms. The van der Waals surface area contributed by atoms with Crippen LogP contribution in [0.3, 0.4) is 0 Å². The lowest BCUT2D eigenvalue weighted by atomic mass is 9.92. The van der Waals surface area contributed by atoms with E-state index in [1.807, 2.05) is 11.8 Å². The minimum absolute atomic E-state index is 0.104. The number of carbonyl (C=O) groups excluding carboxylic acids is 2. The summed E-state index contributed by atoms with van der Waals surface area (Å²) >= 11 is 0. The fourth-order valence-corrected chi connectivity index (χ4v) is 2.48. The standard InChI is InChI=1S/C15H29N2O2/c1-6-10-16(8-3)12-15(13-18,14(5)19)17(9-4)11-7-2/h6-12H2,1-5H3. The summed E-state index contributed by atoms with van der Waals surface area (Å²) in [6.07, 6.45) is 3.99. The molecule has 0 saturated carbocycles. The van der Waals surface area contributed by atoms with E-state index in [2.05, 4.69) is 32.0 Å². The molecule has 111 valence electrons. The summed E-state index contributed by atoms with van der Waals surface area (Å²) in [5, 5.41) is 0. The molecule has 0 saturated heterocycles. The second-order valence-corrected chi connectivity index (χ2v) is 4.97. The molecule has 0 aliphatic carbocycles. The molecule has 0 heterocycles. The predicted molar refractivity (Wildman–Crippen MR) is 79.0 cm³/mol. The van der Waals surface area contributed by atoms with Gasteiger partial charge in [0, 0.05) is 6.54 Å². The van der Waals surface area contributed by atoms with Crippen molar-refractivity contribution < 1.29 is 9.59 Å². The van der Waals surface area contributed by atoms with Crippen LogP contribution in [0.25, 0.3) is 0 Å². The van der Waals surface area contributed by atoms with E-state index < -0.39 is 5.54 Å². The van der Waals surface area contributed by atoms with Crippen LogP contribution in [-0.4, -0.2) is 60.1 Å². The van der Waals surface area contributed by atoms with Gasteiger partial charge in [0.05, 0.1) is 0 Å². The third-order valence-corrected chi connectivity index (χ3v) is 3.61. The first kappa shape index (κ1) is 18.3. The zero-order valence-corrected chi connectivity index (χ0v) is 13.2. The van der Waals surface area contributed by atoms with E-state index in [0.29, 0.717) is 13.1 Å². The van der Waals surface area contributed by atoms with Crippen molar-refractivity contribution in [1.82, 2.24) is 9.80 Å². The number of hydrogen-bond donors (Lipinski definition) is 0. The SMILES string of the molecule is CCCN(CC)CC([C]=O)(C(C)=O)N(CC)CCC. The topological polar surface area (TPSA) is 40.6 Å². The average Bonchev–Trinajstić information content (AvgIpc) is 2.41. The van der Waals surface area contributed by atoms with E-state index in [4.69, 9.17) is 0 Å². The summed E-state index contributed by atoms with van der Waals surface area (Å²) in [5.41, 5.74) is -1.10. The first-order valence-electron chi connectivity index (χ1n) is 7.39. The third kappa shape index (κ3) is 4.69. The molecule has 1 radical (unpaired) electrons. The molecular weight excluding hydrogens is 240 g/mol. The smallest absolute Gasteiger partial charge is 0.230 e. The minimum atomic E-state index is -1.10. The van der Waals surface area contributed by atoms with Crippen LogP contribution in [-0.2, 0) is 9.59 Å². The fraction of sp³-hybridized carbons (Fsp3) is 0.867. The molecule has 0 aromatic heterocycles. The van der Waals surface area contributed by atoms with Gasteiger partial charge in [-0.3, -0.25) is 14.5 Å². The molecule has 0 bridgehead atoms. The van der Waals surface area contributed by atoms with Gasteiger partial charge >= 0.3 is 0 Å². The normalized spacial score (nSPS) is 14.7. The highest BCUT2D eigenvalue weighted by atomic mass is 16.1. The Morgan fingerprint density at radius 1 is 1.05 bits per heavy atom. The number of carbonyl (C=O) groups is 1. The van der Waals surface area contributed by atoms with Crippen LogP contribution >= 0.6 is 0 Å². The molecule has 0 aliphatic heterocycles. The summed E-state index contributed by atoms with van der Waals surface area (Å²) in [5.74, 6) is -0.104. The largest absolute Gasteiger partial charge is 0.301 e. The Morgan fingerprint density at radius 3 is 1.95 bits per heavy atom. The maximum Gasteiger partial charge on any atom is 0.230 e. The van der Waals surface area contributed by atoms with Crippen LogP contribution in [0.1, 0.15) is 47.5 Å². The number of nitrogens with zero attached hydrogens (tertiary/aromatic N) is 2. The molecule has 1 atom stereocenters.